The summed E-state index contributed by atoms with van der Waals surface area (Å²) in [4.78, 5) is 0. The fourth-order valence-corrected chi connectivity index (χ4v) is 5.97. The molecule has 0 N–H and O–H groups in total. The number of hydrogen-bond acceptors (Lipinski definition) is 0. The van der Waals surface area contributed by atoms with Crippen molar-refractivity contribution in [3.05, 3.63) is 0 Å². The Balaban J connectivity index is 1.67. The maximum absolute atomic E-state index is 2.57. The normalized spacial score (nSPS) is 41.1. The van der Waals surface area contributed by atoms with Crippen molar-refractivity contribution < 1.29 is 0 Å². The highest BCUT2D eigenvalue weighted by atomic mass is 14.4. The smallest absolute Gasteiger partial charge is 0.0352 e. The molecule has 116 valence electrons. The Morgan fingerprint density at radius 3 is 2.15 bits per heavy atom. The lowest BCUT2D eigenvalue weighted by Crippen LogP contribution is -2.31. The molecule has 0 aliphatic heterocycles. The molecule has 0 heterocycles. The van der Waals surface area contributed by atoms with E-state index in [0.717, 1.165) is 35.5 Å². The van der Waals surface area contributed by atoms with Crippen LogP contribution in [-0.2, 0) is 0 Å². The van der Waals surface area contributed by atoms with Crippen LogP contribution in [0.15, 0.2) is 0 Å². The fourth-order valence-electron chi connectivity index (χ4n) is 5.97. The van der Waals surface area contributed by atoms with Crippen molar-refractivity contribution in [1.82, 2.24) is 0 Å². The van der Waals surface area contributed by atoms with E-state index < -0.39 is 0 Å². The molecule has 0 spiro atoms. The minimum atomic E-state index is 1.02. The first-order valence-corrected chi connectivity index (χ1v) is 9.74. The summed E-state index contributed by atoms with van der Waals surface area (Å²) in [7, 11) is 0. The van der Waals surface area contributed by atoms with Crippen LogP contribution in [-0.4, -0.2) is 0 Å². The molecule has 3 rings (SSSR count). The summed E-state index contributed by atoms with van der Waals surface area (Å²) in [5, 5.41) is 0. The maximum Gasteiger partial charge on any atom is -0.0352 e. The minimum Gasteiger partial charge on any atom is -0.0625 e. The highest BCUT2D eigenvalue weighted by molar-refractivity contribution is 4.88. The Morgan fingerprint density at radius 1 is 0.800 bits per heavy atom. The predicted octanol–water partition coefficient (Wildman–Crippen LogP) is 6.45. The van der Waals surface area contributed by atoms with E-state index in [9.17, 15) is 0 Å². The number of hydrogen-bond donors (Lipinski definition) is 0. The zero-order valence-electron chi connectivity index (χ0n) is 13.9. The molecule has 0 aromatic rings. The van der Waals surface area contributed by atoms with Crippen molar-refractivity contribution in [2.75, 3.05) is 0 Å². The summed E-state index contributed by atoms with van der Waals surface area (Å²) in [6, 6.07) is 0. The monoisotopic (exact) mass is 276 g/mol. The van der Waals surface area contributed by atoms with Crippen LogP contribution < -0.4 is 0 Å². The molecule has 3 aliphatic carbocycles. The second-order valence-corrected chi connectivity index (χ2v) is 8.65. The molecule has 0 amide bonds. The van der Waals surface area contributed by atoms with Crippen LogP contribution in [0.4, 0.5) is 0 Å². The first kappa shape index (κ1) is 14.9. The average Bonchev–Trinajstić information content (AvgIpc) is 3.08. The predicted molar refractivity (Wildman–Crippen MR) is 87.7 cm³/mol. The van der Waals surface area contributed by atoms with Crippen molar-refractivity contribution in [2.24, 2.45) is 35.5 Å². The largest absolute Gasteiger partial charge is 0.0625 e. The van der Waals surface area contributed by atoms with Crippen molar-refractivity contribution in [1.29, 1.82) is 0 Å². The molecule has 0 radical (unpaired) electrons. The lowest BCUT2D eigenvalue weighted by molar-refractivity contribution is 0.101. The van der Waals surface area contributed by atoms with Crippen LogP contribution >= 0.6 is 0 Å². The SMILES string of the molecule is CC1CCC(C(CC2CCCC2)C2CCCCC2C)C1. The standard InChI is InChI=1S/C20H36/c1-15-11-12-18(13-15)20(14-17-8-4-5-9-17)19-10-6-3-7-16(19)2/h15-20H,3-14H2,1-2H3. The molecular formula is C20H36. The van der Waals surface area contributed by atoms with Gasteiger partial charge in [-0.25, -0.2) is 0 Å². The molecule has 20 heavy (non-hydrogen) atoms. The molecule has 5 unspecified atom stereocenters. The third kappa shape index (κ3) is 3.42. The molecule has 3 fully saturated rings. The summed E-state index contributed by atoms with van der Waals surface area (Å²) in [6.07, 6.45) is 18.5. The molecular weight excluding hydrogens is 240 g/mol. The molecule has 5 atom stereocenters. The van der Waals surface area contributed by atoms with Crippen LogP contribution in [0.25, 0.3) is 0 Å². The van der Waals surface area contributed by atoms with Gasteiger partial charge in [-0.2, -0.15) is 0 Å². The van der Waals surface area contributed by atoms with Crippen molar-refractivity contribution in [3.63, 3.8) is 0 Å². The summed E-state index contributed by atoms with van der Waals surface area (Å²) < 4.78 is 0. The fraction of sp³-hybridized carbons (Fsp3) is 1.00. The van der Waals surface area contributed by atoms with E-state index in [4.69, 9.17) is 0 Å². The first-order chi connectivity index (χ1) is 9.74. The van der Waals surface area contributed by atoms with E-state index >= 15 is 0 Å². The van der Waals surface area contributed by atoms with E-state index in [2.05, 4.69) is 13.8 Å². The van der Waals surface area contributed by atoms with Gasteiger partial charge >= 0.3 is 0 Å². The second-order valence-electron chi connectivity index (χ2n) is 8.65. The van der Waals surface area contributed by atoms with E-state index in [-0.39, 0.29) is 0 Å². The van der Waals surface area contributed by atoms with Gasteiger partial charge in [0.15, 0.2) is 0 Å². The maximum atomic E-state index is 2.57. The zero-order valence-corrected chi connectivity index (χ0v) is 13.9. The van der Waals surface area contributed by atoms with Crippen LogP contribution in [0.5, 0.6) is 0 Å². The van der Waals surface area contributed by atoms with Gasteiger partial charge in [0.2, 0.25) is 0 Å². The third-order valence-electron chi connectivity index (χ3n) is 7.15. The van der Waals surface area contributed by atoms with Gasteiger partial charge in [-0.3, -0.25) is 0 Å². The lowest BCUT2D eigenvalue weighted by Gasteiger charge is -2.40. The highest BCUT2D eigenvalue weighted by Gasteiger charge is 2.38. The quantitative estimate of drug-likeness (QED) is 0.554. The summed E-state index contributed by atoms with van der Waals surface area (Å²) >= 11 is 0. The van der Waals surface area contributed by atoms with Crippen LogP contribution in [0.3, 0.4) is 0 Å². The Hall–Kier alpha value is 0. The van der Waals surface area contributed by atoms with Gasteiger partial charge in [-0.05, 0) is 61.2 Å². The van der Waals surface area contributed by atoms with Gasteiger partial charge in [0.25, 0.3) is 0 Å². The lowest BCUT2D eigenvalue weighted by atomic mass is 9.66. The van der Waals surface area contributed by atoms with Crippen molar-refractivity contribution >= 4 is 0 Å². The summed E-state index contributed by atoms with van der Waals surface area (Å²) in [6.45, 7) is 5.07. The minimum absolute atomic E-state index is 1.02. The third-order valence-corrected chi connectivity index (χ3v) is 7.15. The van der Waals surface area contributed by atoms with Crippen LogP contribution in [0.2, 0.25) is 0 Å². The molecule has 0 nitrogen and oxygen atoms in total. The number of rotatable bonds is 4. The van der Waals surface area contributed by atoms with Gasteiger partial charge in [0, 0.05) is 0 Å². The molecule has 3 saturated carbocycles. The molecule has 3 aliphatic rings. The molecule has 0 bridgehead atoms. The zero-order chi connectivity index (χ0) is 13.9. The van der Waals surface area contributed by atoms with Crippen molar-refractivity contribution in [2.45, 2.75) is 90.9 Å². The van der Waals surface area contributed by atoms with Gasteiger partial charge in [-0.15, -0.1) is 0 Å². The van der Waals surface area contributed by atoms with Gasteiger partial charge < -0.3 is 0 Å². The Bertz CT molecular complexity index is 288. The van der Waals surface area contributed by atoms with E-state index in [0.29, 0.717) is 0 Å². The molecule has 0 aromatic carbocycles. The van der Waals surface area contributed by atoms with E-state index in [1.807, 2.05) is 0 Å². The average molecular weight is 277 g/mol. The Morgan fingerprint density at radius 2 is 1.50 bits per heavy atom. The van der Waals surface area contributed by atoms with Gasteiger partial charge in [-0.1, -0.05) is 65.2 Å². The Kier molecular flexibility index (Phi) is 5.10. The molecule has 0 saturated heterocycles. The Labute approximate surface area is 127 Å². The topological polar surface area (TPSA) is 0 Å². The molecule has 0 aromatic heterocycles. The highest BCUT2D eigenvalue weighted by Crippen LogP contribution is 2.48. The summed E-state index contributed by atoms with van der Waals surface area (Å²) in [5.74, 6) is 6.41. The van der Waals surface area contributed by atoms with E-state index in [1.54, 1.807) is 38.5 Å². The molecule has 0 heteroatoms. The van der Waals surface area contributed by atoms with Gasteiger partial charge in [0.1, 0.15) is 0 Å². The van der Waals surface area contributed by atoms with E-state index in [1.165, 1.54) is 38.5 Å². The first-order valence-electron chi connectivity index (χ1n) is 9.74. The second kappa shape index (κ2) is 6.84. The summed E-state index contributed by atoms with van der Waals surface area (Å²) in [5.41, 5.74) is 0. The van der Waals surface area contributed by atoms with Crippen LogP contribution in [0, 0.1) is 35.5 Å². The van der Waals surface area contributed by atoms with Crippen LogP contribution in [0.1, 0.15) is 90.9 Å². The van der Waals surface area contributed by atoms with Gasteiger partial charge in [0.05, 0.1) is 0 Å². The van der Waals surface area contributed by atoms with Crippen molar-refractivity contribution in [3.8, 4) is 0 Å².